The Labute approximate surface area is 117 Å². The van der Waals surface area contributed by atoms with E-state index < -0.39 is 26.6 Å². The van der Waals surface area contributed by atoms with Crippen LogP contribution in [0.2, 0.25) is 0 Å². The Morgan fingerprint density at radius 3 is 2.16 bits per heavy atom. The summed E-state index contributed by atoms with van der Waals surface area (Å²) in [6, 6.07) is 9.12. The molecule has 100 valence electrons. The Kier molecular flexibility index (Phi) is 3.86. The first kappa shape index (κ1) is 14.0. The van der Waals surface area contributed by atoms with Gasteiger partial charge in [-0.05, 0) is 30.3 Å². The molecular weight excluding hydrogens is 340 g/mol. The molecule has 2 aromatic carbocycles. The molecule has 2 rings (SSSR count). The van der Waals surface area contributed by atoms with E-state index in [1.165, 1.54) is 12.1 Å². The first-order valence-corrected chi connectivity index (χ1v) is 7.40. The number of sulfonamides is 1. The first-order valence-electron chi connectivity index (χ1n) is 5.12. The summed E-state index contributed by atoms with van der Waals surface area (Å²) in [7, 11) is -4.31. The van der Waals surface area contributed by atoms with E-state index in [-0.39, 0.29) is 5.69 Å². The van der Waals surface area contributed by atoms with E-state index in [0.29, 0.717) is 4.47 Å². The Morgan fingerprint density at radius 1 is 1.00 bits per heavy atom. The van der Waals surface area contributed by atoms with Crippen molar-refractivity contribution in [3.63, 3.8) is 0 Å². The molecule has 0 saturated carbocycles. The normalized spacial score (nSPS) is 11.3. The van der Waals surface area contributed by atoms with Crippen LogP contribution in [-0.4, -0.2) is 8.42 Å². The number of hydrogen-bond acceptors (Lipinski definition) is 2. The summed E-state index contributed by atoms with van der Waals surface area (Å²) in [5, 5.41) is 0. The number of anilines is 1. The Hall–Kier alpha value is -1.47. The van der Waals surface area contributed by atoms with Crippen molar-refractivity contribution in [1.82, 2.24) is 0 Å². The average molecular weight is 348 g/mol. The molecule has 0 aliphatic heterocycles. The summed E-state index contributed by atoms with van der Waals surface area (Å²) in [4.78, 5) is -0.991. The number of nitrogens with one attached hydrogen (secondary N) is 1. The van der Waals surface area contributed by atoms with Gasteiger partial charge in [-0.2, -0.15) is 0 Å². The van der Waals surface area contributed by atoms with Crippen molar-refractivity contribution >= 4 is 31.6 Å². The molecule has 0 unspecified atom stereocenters. The summed E-state index contributed by atoms with van der Waals surface area (Å²) in [5.74, 6) is -2.27. The minimum atomic E-state index is -4.31. The quantitative estimate of drug-likeness (QED) is 0.923. The summed E-state index contributed by atoms with van der Waals surface area (Å²) >= 11 is 3.17. The van der Waals surface area contributed by atoms with Crippen molar-refractivity contribution in [1.29, 1.82) is 0 Å². The average Bonchev–Trinajstić information content (AvgIpc) is 2.27. The molecule has 0 aliphatic carbocycles. The fraction of sp³-hybridized carbons (Fsp3) is 0. The third kappa shape index (κ3) is 3.10. The second-order valence-corrected chi connectivity index (χ2v) is 6.20. The van der Waals surface area contributed by atoms with E-state index in [1.807, 2.05) is 0 Å². The van der Waals surface area contributed by atoms with E-state index >= 15 is 0 Å². The monoisotopic (exact) mass is 347 g/mol. The number of rotatable bonds is 3. The van der Waals surface area contributed by atoms with E-state index in [4.69, 9.17) is 0 Å². The van der Waals surface area contributed by atoms with Crippen LogP contribution in [0.3, 0.4) is 0 Å². The minimum Gasteiger partial charge on any atom is -0.279 e. The lowest BCUT2D eigenvalue weighted by molar-refractivity contribution is 0.521. The molecule has 0 heterocycles. The number of benzene rings is 2. The Morgan fingerprint density at radius 2 is 1.58 bits per heavy atom. The predicted octanol–water partition coefficient (Wildman–Crippen LogP) is 3.53. The highest BCUT2D eigenvalue weighted by atomic mass is 79.9. The molecule has 0 aromatic heterocycles. The van der Waals surface area contributed by atoms with Gasteiger partial charge in [0.1, 0.15) is 11.6 Å². The largest absolute Gasteiger partial charge is 0.279 e. The smallest absolute Gasteiger partial charge is 0.267 e. The van der Waals surface area contributed by atoms with Crippen molar-refractivity contribution in [3.8, 4) is 0 Å². The molecular formula is C12H8BrF2NO2S. The Bertz CT molecular complexity index is 699. The SMILES string of the molecule is O=S(=O)(Nc1cccc(Br)c1)c1c(F)cccc1F. The van der Waals surface area contributed by atoms with Crippen molar-refractivity contribution in [2.45, 2.75) is 4.90 Å². The van der Waals surface area contributed by atoms with Gasteiger partial charge in [-0.1, -0.05) is 28.1 Å². The van der Waals surface area contributed by atoms with Gasteiger partial charge in [-0.3, -0.25) is 4.72 Å². The second-order valence-electron chi connectivity index (χ2n) is 3.67. The second kappa shape index (κ2) is 5.26. The van der Waals surface area contributed by atoms with Crippen LogP contribution in [0.15, 0.2) is 51.8 Å². The molecule has 0 bridgehead atoms. The molecule has 7 heteroatoms. The van der Waals surface area contributed by atoms with Crippen LogP contribution in [-0.2, 0) is 10.0 Å². The van der Waals surface area contributed by atoms with Crippen molar-refractivity contribution < 1.29 is 17.2 Å². The maximum absolute atomic E-state index is 13.5. The lowest BCUT2D eigenvalue weighted by Gasteiger charge is -2.09. The molecule has 0 aliphatic rings. The van der Waals surface area contributed by atoms with Crippen molar-refractivity contribution in [3.05, 3.63) is 58.6 Å². The molecule has 3 nitrogen and oxygen atoms in total. The van der Waals surface area contributed by atoms with Crippen LogP contribution in [0.5, 0.6) is 0 Å². The third-order valence-electron chi connectivity index (χ3n) is 2.26. The van der Waals surface area contributed by atoms with Crippen molar-refractivity contribution in [2.75, 3.05) is 4.72 Å². The van der Waals surface area contributed by atoms with Crippen molar-refractivity contribution in [2.24, 2.45) is 0 Å². The Balaban J connectivity index is 2.44. The highest BCUT2D eigenvalue weighted by molar-refractivity contribution is 9.10. The van der Waals surface area contributed by atoms with E-state index in [2.05, 4.69) is 20.7 Å². The maximum Gasteiger partial charge on any atom is 0.267 e. The molecule has 0 amide bonds. The number of halogens is 3. The van der Waals surface area contributed by atoms with Crippen LogP contribution in [0.1, 0.15) is 0 Å². The van der Waals surface area contributed by atoms with Gasteiger partial charge in [0.05, 0.1) is 0 Å². The maximum atomic E-state index is 13.5. The van der Waals surface area contributed by atoms with Gasteiger partial charge in [0.15, 0.2) is 4.90 Å². The van der Waals surface area contributed by atoms with Gasteiger partial charge in [-0.25, -0.2) is 17.2 Å². The lowest BCUT2D eigenvalue weighted by atomic mass is 10.3. The van der Waals surface area contributed by atoms with Crippen LogP contribution in [0, 0.1) is 11.6 Å². The fourth-order valence-corrected chi connectivity index (χ4v) is 3.09. The van der Waals surface area contributed by atoms with Gasteiger partial charge in [0.2, 0.25) is 0 Å². The zero-order valence-electron chi connectivity index (χ0n) is 9.40. The number of hydrogen-bond donors (Lipinski definition) is 1. The van der Waals surface area contributed by atoms with Gasteiger partial charge >= 0.3 is 0 Å². The van der Waals surface area contributed by atoms with Gasteiger partial charge in [-0.15, -0.1) is 0 Å². The summed E-state index contributed by atoms with van der Waals surface area (Å²) in [6.07, 6.45) is 0. The molecule has 0 spiro atoms. The van der Waals surface area contributed by atoms with Gasteiger partial charge in [0.25, 0.3) is 10.0 Å². The van der Waals surface area contributed by atoms with E-state index in [0.717, 1.165) is 18.2 Å². The predicted molar refractivity (Wildman–Crippen MR) is 71.3 cm³/mol. The van der Waals surface area contributed by atoms with Crippen LogP contribution >= 0.6 is 15.9 Å². The standard InChI is InChI=1S/C12H8BrF2NO2S/c13-8-3-1-4-9(7-8)16-19(17,18)12-10(14)5-2-6-11(12)15/h1-7,16H. The highest BCUT2D eigenvalue weighted by Crippen LogP contribution is 2.23. The summed E-state index contributed by atoms with van der Waals surface area (Å²) in [5.41, 5.74) is 0.206. The summed E-state index contributed by atoms with van der Waals surface area (Å²) < 4.78 is 53.6. The van der Waals surface area contributed by atoms with Gasteiger partial charge < -0.3 is 0 Å². The zero-order chi connectivity index (χ0) is 14.0. The molecule has 2 aromatic rings. The summed E-state index contributed by atoms with van der Waals surface area (Å²) in [6.45, 7) is 0. The fourth-order valence-electron chi connectivity index (χ4n) is 1.50. The molecule has 0 atom stereocenters. The molecule has 0 saturated heterocycles. The van der Waals surface area contributed by atoms with E-state index in [9.17, 15) is 17.2 Å². The zero-order valence-corrected chi connectivity index (χ0v) is 11.8. The third-order valence-corrected chi connectivity index (χ3v) is 4.19. The van der Waals surface area contributed by atoms with E-state index in [1.54, 1.807) is 12.1 Å². The van der Waals surface area contributed by atoms with Crippen LogP contribution in [0.4, 0.5) is 14.5 Å². The van der Waals surface area contributed by atoms with Gasteiger partial charge in [0, 0.05) is 10.2 Å². The highest BCUT2D eigenvalue weighted by Gasteiger charge is 2.23. The van der Waals surface area contributed by atoms with Crippen LogP contribution < -0.4 is 4.72 Å². The minimum absolute atomic E-state index is 0.206. The van der Waals surface area contributed by atoms with Crippen LogP contribution in [0.25, 0.3) is 0 Å². The molecule has 19 heavy (non-hydrogen) atoms. The topological polar surface area (TPSA) is 46.2 Å². The lowest BCUT2D eigenvalue weighted by Crippen LogP contribution is -2.16. The molecule has 0 fully saturated rings. The first-order chi connectivity index (χ1) is 8.90. The molecule has 1 N–H and O–H groups in total. The molecule has 0 radical (unpaired) electrons.